The van der Waals surface area contributed by atoms with Gasteiger partial charge in [0.15, 0.2) is 5.78 Å². The maximum Gasteiger partial charge on any atom is 0.233 e. The lowest BCUT2D eigenvalue weighted by atomic mass is 9.99. The van der Waals surface area contributed by atoms with Crippen LogP contribution in [0.1, 0.15) is 28.5 Å². The molecule has 1 heterocycles. The van der Waals surface area contributed by atoms with Crippen molar-refractivity contribution in [3.8, 4) is 11.1 Å². The minimum absolute atomic E-state index is 0.109. The molecule has 0 radical (unpaired) electrons. The molecular formula is C21H22N2O3S. The molecule has 0 aliphatic rings. The molecule has 27 heavy (non-hydrogen) atoms. The molecule has 140 valence electrons. The number of H-pyrrole nitrogens is 1. The van der Waals surface area contributed by atoms with Crippen molar-refractivity contribution in [2.75, 3.05) is 10.6 Å². The van der Waals surface area contributed by atoms with Crippen LogP contribution in [0.25, 0.3) is 11.1 Å². The number of aryl methyl sites for hydroxylation is 1. The van der Waals surface area contributed by atoms with Gasteiger partial charge in [-0.3, -0.25) is 9.10 Å². The number of hydrogen-bond donors (Lipinski definition) is 1. The van der Waals surface area contributed by atoms with E-state index in [1.165, 1.54) is 17.5 Å². The summed E-state index contributed by atoms with van der Waals surface area (Å²) < 4.78 is 26.6. The van der Waals surface area contributed by atoms with E-state index in [1.54, 1.807) is 6.92 Å². The number of ketones is 1. The number of benzene rings is 2. The van der Waals surface area contributed by atoms with Gasteiger partial charge in [-0.1, -0.05) is 60.7 Å². The van der Waals surface area contributed by atoms with E-state index < -0.39 is 10.0 Å². The maximum absolute atomic E-state index is 12.6. The lowest BCUT2D eigenvalue weighted by Gasteiger charge is -2.23. The number of carbonyl (C=O) groups is 1. The predicted octanol–water partition coefficient (Wildman–Crippen LogP) is 4.16. The molecule has 0 fully saturated rings. The highest BCUT2D eigenvalue weighted by Gasteiger charge is 2.28. The van der Waals surface area contributed by atoms with Crippen LogP contribution in [0.4, 0.5) is 5.82 Å². The molecule has 3 aromatic rings. The Morgan fingerprint density at radius 3 is 2.07 bits per heavy atom. The van der Waals surface area contributed by atoms with Crippen molar-refractivity contribution in [3.05, 3.63) is 77.5 Å². The van der Waals surface area contributed by atoms with Gasteiger partial charge in [-0.2, -0.15) is 0 Å². The zero-order valence-corrected chi connectivity index (χ0v) is 16.4. The van der Waals surface area contributed by atoms with Crippen molar-refractivity contribution in [3.63, 3.8) is 0 Å². The number of carbonyl (C=O) groups excluding carboxylic acids is 1. The van der Waals surface area contributed by atoms with E-state index in [0.717, 1.165) is 11.1 Å². The van der Waals surface area contributed by atoms with Gasteiger partial charge in [0.2, 0.25) is 10.0 Å². The van der Waals surface area contributed by atoms with Gasteiger partial charge in [-0.15, -0.1) is 0 Å². The SMILES string of the molecule is CC(=O)c1c(C)[nH]c(N(Cc2ccccc2)S(C)(=O)=O)c1-c1ccccc1. The Balaban J connectivity index is 2.24. The summed E-state index contributed by atoms with van der Waals surface area (Å²) in [6, 6.07) is 18.8. The first-order valence-corrected chi connectivity index (χ1v) is 10.4. The van der Waals surface area contributed by atoms with Gasteiger partial charge < -0.3 is 4.98 Å². The topological polar surface area (TPSA) is 70.2 Å². The number of aromatic nitrogens is 1. The highest BCUT2D eigenvalue weighted by molar-refractivity contribution is 7.92. The predicted molar refractivity (Wildman–Crippen MR) is 108 cm³/mol. The number of anilines is 1. The Morgan fingerprint density at radius 1 is 1.00 bits per heavy atom. The van der Waals surface area contributed by atoms with Crippen molar-refractivity contribution in [1.82, 2.24) is 4.98 Å². The van der Waals surface area contributed by atoms with Crippen molar-refractivity contribution in [1.29, 1.82) is 0 Å². The normalized spacial score (nSPS) is 11.4. The Labute approximate surface area is 159 Å². The van der Waals surface area contributed by atoms with E-state index in [1.807, 2.05) is 60.7 Å². The highest BCUT2D eigenvalue weighted by Crippen LogP contribution is 2.37. The zero-order chi connectivity index (χ0) is 19.6. The van der Waals surface area contributed by atoms with Gasteiger partial charge in [0.05, 0.1) is 12.8 Å². The first kappa shape index (κ1) is 18.9. The molecule has 0 bridgehead atoms. The van der Waals surface area contributed by atoms with E-state index in [2.05, 4.69) is 4.98 Å². The summed E-state index contributed by atoms with van der Waals surface area (Å²) in [5.74, 6) is 0.303. The average molecular weight is 382 g/mol. The molecular weight excluding hydrogens is 360 g/mol. The van der Waals surface area contributed by atoms with Gasteiger partial charge in [0.25, 0.3) is 0 Å². The van der Waals surface area contributed by atoms with Crippen molar-refractivity contribution in [2.24, 2.45) is 0 Å². The largest absolute Gasteiger partial charge is 0.344 e. The second-order valence-corrected chi connectivity index (χ2v) is 8.43. The smallest absolute Gasteiger partial charge is 0.233 e. The van der Waals surface area contributed by atoms with Gasteiger partial charge in [0, 0.05) is 16.8 Å². The quantitative estimate of drug-likeness (QED) is 0.651. The Kier molecular flexibility index (Phi) is 5.19. The van der Waals surface area contributed by atoms with E-state index >= 15 is 0 Å². The molecule has 6 heteroatoms. The van der Waals surface area contributed by atoms with Crippen molar-refractivity contribution >= 4 is 21.6 Å². The third-order valence-corrected chi connectivity index (χ3v) is 5.51. The number of aromatic amines is 1. The molecule has 0 spiro atoms. The van der Waals surface area contributed by atoms with E-state index in [4.69, 9.17) is 0 Å². The minimum atomic E-state index is -3.58. The fourth-order valence-corrected chi connectivity index (χ4v) is 4.09. The second kappa shape index (κ2) is 7.40. The van der Waals surface area contributed by atoms with Crippen LogP contribution in [-0.2, 0) is 16.6 Å². The first-order valence-electron chi connectivity index (χ1n) is 8.59. The Bertz CT molecular complexity index is 1060. The van der Waals surface area contributed by atoms with Crippen LogP contribution in [0.3, 0.4) is 0 Å². The first-order chi connectivity index (χ1) is 12.8. The van der Waals surface area contributed by atoms with Crippen LogP contribution >= 0.6 is 0 Å². The van der Waals surface area contributed by atoms with Crippen LogP contribution in [-0.4, -0.2) is 25.4 Å². The molecule has 3 rings (SSSR count). The minimum Gasteiger partial charge on any atom is -0.344 e. The fraction of sp³-hybridized carbons (Fsp3) is 0.190. The van der Waals surface area contributed by atoms with Gasteiger partial charge in [-0.25, -0.2) is 8.42 Å². The monoisotopic (exact) mass is 382 g/mol. The summed E-state index contributed by atoms with van der Waals surface area (Å²) in [6.45, 7) is 3.46. The second-order valence-electron chi connectivity index (χ2n) is 6.53. The van der Waals surface area contributed by atoms with Gasteiger partial charge in [-0.05, 0) is 25.0 Å². The molecule has 1 N–H and O–H groups in total. The zero-order valence-electron chi connectivity index (χ0n) is 15.6. The number of rotatable bonds is 6. The molecule has 0 unspecified atom stereocenters. The summed E-state index contributed by atoms with van der Waals surface area (Å²) in [6.07, 6.45) is 1.17. The fourth-order valence-electron chi connectivity index (χ4n) is 3.23. The Hall–Kier alpha value is -2.86. The van der Waals surface area contributed by atoms with Crippen LogP contribution in [0.2, 0.25) is 0 Å². The van der Waals surface area contributed by atoms with Gasteiger partial charge in [0.1, 0.15) is 5.82 Å². The summed E-state index contributed by atoms with van der Waals surface area (Å²) in [5, 5.41) is 0. The van der Waals surface area contributed by atoms with E-state index in [9.17, 15) is 13.2 Å². The third-order valence-electron chi connectivity index (χ3n) is 4.40. The van der Waals surface area contributed by atoms with E-state index in [0.29, 0.717) is 22.6 Å². The molecule has 0 saturated carbocycles. The number of sulfonamides is 1. The summed E-state index contributed by atoms with van der Waals surface area (Å²) >= 11 is 0. The van der Waals surface area contributed by atoms with Crippen LogP contribution in [0.5, 0.6) is 0 Å². The van der Waals surface area contributed by atoms with Crippen molar-refractivity contribution < 1.29 is 13.2 Å². The van der Waals surface area contributed by atoms with Crippen LogP contribution in [0.15, 0.2) is 60.7 Å². The molecule has 0 amide bonds. The average Bonchev–Trinajstić information content (AvgIpc) is 2.97. The molecule has 1 aromatic heterocycles. The van der Waals surface area contributed by atoms with Gasteiger partial charge >= 0.3 is 0 Å². The number of nitrogens with zero attached hydrogens (tertiary/aromatic N) is 1. The number of nitrogens with one attached hydrogen (secondary N) is 1. The highest BCUT2D eigenvalue weighted by atomic mass is 32.2. The van der Waals surface area contributed by atoms with Crippen molar-refractivity contribution in [2.45, 2.75) is 20.4 Å². The molecule has 0 aliphatic heterocycles. The van der Waals surface area contributed by atoms with Crippen LogP contribution < -0.4 is 4.31 Å². The standard InChI is InChI=1S/C21H22N2O3S/c1-15-19(16(2)24)20(18-12-8-5-9-13-18)21(22-15)23(27(3,25)26)14-17-10-6-4-7-11-17/h4-13,22H,14H2,1-3H3. The Morgan fingerprint density at radius 2 is 1.56 bits per heavy atom. The van der Waals surface area contributed by atoms with Crippen LogP contribution in [0, 0.1) is 6.92 Å². The number of hydrogen-bond acceptors (Lipinski definition) is 3. The molecule has 2 aromatic carbocycles. The lowest BCUT2D eigenvalue weighted by Crippen LogP contribution is -2.30. The summed E-state index contributed by atoms with van der Waals surface area (Å²) in [4.78, 5) is 15.5. The van der Waals surface area contributed by atoms with E-state index in [-0.39, 0.29) is 12.3 Å². The summed E-state index contributed by atoms with van der Waals surface area (Å²) in [5.41, 5.74) is 3.43. The number of Topliss-reactive ketones (excluding diaryl/α,β-unsaturated/α-hetero) is 1. The third kappa shape index (κ3) is 3.95. The molecule has 0 atom stereocenters. The molecule has 0 saturated heterocycles. The molecule has 0 aliphatic carbocycles. The lowest BCUT2D eigenvalue weighted by molar-refractivity contribution is 0.101. The maximum atomic E-state index is 12.6. The molecule has 5 nitrogen and oxygen atoms in total. The summed E-state index contributed by atoms with van der Waals surface area (Å²) in [7, 11) is -3.58.